The number of nitrogens with two attached hydrogens (primary N) is 1. The van der Waals surface area contributed by atoms with Crippen LogP contribution in [0.15, 0.2) is 17.3 Å². The third-order valence-corrected chi connectivity index (χ3v) is 2.44. The smallest absolute Gasteiger partial charge is 0.277 e. The molecule has 0 spiro atoms. The third kappa shape index (κ3) is 1.69. The molecule has 0 saturated carbocycles. The standard InChI is InChI=1S/C9H13N3O2/c10-3-7-4-12(6-11-9(7)13)8-1-2-14-5-8/h4,6,8H,1-3,5,10H2. The fraction of sp³-hybridized carbons (Fsp3) is 0.556. The topological polar surface area (TPSA) is 70.1 Å². The number of nitrogens with zero attached hydrogens (tertiary/aromatic N) is 2. The molecule has 1 atom stereocenters. The van der Waals surface area contributed by atoms with Crippen LogP contribution in [0.3, 0.4) is 0 Å². The predicted molar refractivity (Wildman–Crippen MR) is 50.9 cm³/mol. The van der Waals surface area contributed by atoms with E-state index in [-0.39, 0.29) is 12.1 Å². The molecule has 1 aromatic rings. The van der Waals surface area contributed by atoms with Crippen molar-refractivity contribution in [3.63, 3.8) is 0 Å². The highest BCUT2D eigenvalue weighted by molar-refractivity contribution is 5.04. The predicted octanol–water partition coefficient (Wildman–Crippen LogP) is -0.337. The normalized spacial score (nSPS) is 21.4. The first-order chi connectivity index (χ1) is 6.81. The lowest BCUT2D eigenvalue weighted by Gasteiger charge is -2.12. The molecule has 1 fully saturated rings. The van der Waals surface area contributed by atoms with Gasteiger partial charge in [0.15, 0.2) is 0 Å². The Labute approximate surface area is 81.5 Å². The van der Waals surface area contributed by atoms with E-state index in [1.165, 1.54) is 0 Å². The van der Waals surface area contributed by atoms with Gasteiger partial charge < -0.3 is 15.0 Å². The van der Waals surface area contributed by atoms with E-state index in [9.17, 15) is 4.79 Å². The van der Waals surface area contributed by atoms with Crippen LogP contribution >= 0.6 is 0 Å². The van der Waals surface area contributed by atoms with Crippen molar-refractivity contribution in [2.24, 2.45) is 5.73 Å². The molecule has 5 heteroatoms. The third-order valence-electron chi connectivity index (χ3n) is 2.44. The molecule has 1 unspecified atom stereocenters. The number of aromatic nitrogens is 2. The zero-order chi connectivity index (χ0) is 9.97. The summed E-state index contributed by atoms with van der Waals surface area (Å²) in [5.41, 5.74) is 5.75. The van der Waals surface area contributed by atoms with Gasteiger partial charge in [-0.3, -0.25) is 4.79 Å². The molecule has 1 aliphatic heterocycles. The van der Waals surface area contributed by atoms with Gasteiger partial charge in [0.25, 0.3) is 5.56 Å². The van der Waals surface area contributed by atoms with Crippen LogP contribution in [-0.4, -0.2) is 22.8 Å². The van der Waals surface area contributed by atoms with Crippen molar-refractivity contribution in [3.05, 3.63) is 28.4 Å². The second kappa shape index (κ2) is 3.89. The molecule has 0 aliphatic carbocycles. The van der Waals surface area contributed by atoms with Crippen LogP contribution in [0.1, 0.15) is 18.0 Å². The summed E-state index contributed by atoms with van der Waals surface area (Å²) in [4.78, 5) is 14.9. The first-order valence-corrected chi connectivity index (χ1v) is 4.65. The first-order valence-electron chi connectivity index (χ1n) is 4.65. The molecule has 0 aromatic carbocycles. The number of rotatable bonds is 2. The molecular formula is C9H13N3O2. The minimum Gasteiger partial charge on any atom is -0.379 e. The van der Waals surface area contributed by atoms with Gasteiger partial charge in [0.2, 0.25) is 0 Å². The van der Waals surface area contributed by atoms with Crippen molar-refractivity contribution in [1.82, 2.24) is 9.55 Å². The van der Waals surface area contributed by atoms with Crippen LogP contribution < -0.4 is 11.3 Å². The largest absolute Gasteiger partial charge is 0.379 e. The van der Waals surface area contributed by atoms with Crippen molar-refractivity contribution in [2.75, 3.05) is 13.2 Å². The summed E-state index contributed by atoms with van der Waals surface area (Å²) in [5.74, 6) is 0. The lowest BCUT2D eigenvalue weighted by Crippen LogP contribution is -2.21. The van der Waals surface area contributed by atoms with Gasteiger partial charge in [0, 0.05) is 24.9 Å². The zero-order valence-electron chi connectivity index (χ0n) is 7.85. The first kappa shape index (κ1) is 9.36. The van der Waals surface area contributed by atoms with Crippen LogP contribution in [-0.2, 0) is 11.3 Å². The fourth-order valence-electron chi connectivity index (χ4n) is 1.57. The molecule has 5 nitrogen and oxygen atoms in total. The van der Waals surface area contributed by atoms with Gasteiger partial charge in [-0.15, -0.1) is 0 Å². The van der Waals surface area contributed by atoms with Gasteiger partial charge >= 0.3 is 0 Å². The molecule has 0 radical (unpaired) electrons. The van der Waals surface area contributed by atoms with E-state index in [0.717, 1.165) is 13.0 Å². The molecule has 1 saturated heterocycles. The second-order valence-corrected chi connectivity index (χ2v) is 3.37. The minimum atomic E-state index is -0.234. The van der Waals surface area contributed by atoms with Crippen LogP contribution in [0, 0.1) is 0 Å². The van der Waals surface area contributed by atoms with Gasteiger partial charge in [0.05, 0.1) is 19.0 Å². The Bertz CT molecular complexity index is 369. The van der Waals surface area contributed by atoms with Crippen LogP contribution in [0.4, 0.5) is 0 Å². The van der Waals surface area contributed by atoms with Gasteiger partial charge in [-0.2, -0.15) is 4.98 Å². The summed E-state index contributed by atoms with van der Waals surface area (Å²) >= 11 is 0. The van der Waals surface area contributed by atoms with Crippen LogP contribution in [0.25, 0.3) is 0 Å². The van der Waals surface area contributed by atoms with Crippen molar-refractivity contribution < 1.29 is 4.74 Å². The highest BCUT2D eigenvalue weighted by Crippen LogP contribution is 2.17. The number of ether oxygens (including phenoxy) is 1. The molecule has 0 amide bonds. The summed E-state index contributed by atoms with van der Waals surface area (Å²) in [6.45, 7) is 1.70. The monoisotopic (exact) mass is 195 g/mol. The molecule has 2 rings (SSSR count). The van der Waals surface area contributed by atoms with Crippen LogP contribution in [0.2, 0.25) is 0 Å². The van der Waals surface area contributed by atoms with E-state index in [0.29, 0.717) is 18.2 Å². The van der Waals surface area contributed by atoms with Crippen molar-refractivity contribution in [3.8, 4) is 0 Å². The van der Waals surface area contributed by atoms with Gasteiger partial charge in [-0.25, -0.2) is 0 Å². The van der Waals surface area contributed by atoms with E-state index in [4.69, 9.17) is 10.5 Å². The zero-order valence-corrected chi connectivity index (χ0v) is 7.85. The maximum Gasteiger partial charge on any atom is 0.277 e. The van der Waals surface area contributed by atoms with Gasteiger partial charge in [-0.1, -0.05) is 0 Å². The van der Waals surface area contributed by atoms with Gasteiger partial charge in [0.1, 0.15) is 0 Å². The molecule has 2 N–H and O–H groups in total. The SMILES string of the molecule is NCc1cn(C2CCOC2)cnc1=O. The summed E-state index contributed by atoms with van der Waals surface area (Å²) in [5, 5.41) is 0. The number of hydrogen-bond donors (Lipinski definition) is 1. The maximum atomic E-state index is 11.2. The Morgan fingerprint density at radius 3 is 3.21 bits per heavy atom. The van der Waals surface area contributed by atoms with Crippen molar-refractivity contribution in [1.29, 1.82) is 0 Å². The summed E-state index contributed by atoms with van der Waals surface area (Å²) in [7, 11) is 0. The lowest BCUT2D eigenvalue weighted by atomic mass is 10.2. The Morgan fingerprint density at radius 1 is 1.71 bits per heavy atom. The Kier molecular flexibility index (Phi) is 2.60. The fourth-order valence-corrected chi connectivity index (χ4v) is 1.57. The molecule has 2 heterocycles. The Balaban J connectivity index is 2.30. The highest BCUT2D eigenvalue weighted by Gasteiger charge is 2.17. The second-order valence-electron chi connectivity index (χ2n) is 3.37. The van der Waals surface area contributed by atoms with E-state index < -0.39 is 0 Å². The Morgan fingerprint density at radius 2 is 2.57 bits per heavy atom. The summed E-state index contributed by atoms with van der Waals surface area (Å²) < 4.78 is 7.17. The van der Waals surface area contributed by atoms with Crippen molar-refractivity contribution in [2.45, 2.75) is 19.0 Å². The molecular weight excluding hydrogens is 182 g/mol. The Hall–Kier alpha value is -1.20. The van der Waals surface area contributed by atoms with Crippen molar-refractivity contribution >= 4 is 0 Å². The highest BCUT2D eigenvalue weighted by atomic mass is 16.5. The van der Waals surface area contributed by atoms with Crippen LogP contribution in [0.5, 0.6) is 0 Å². The van der Waals surface area contributed by atoms with Gasteiger partial charge in [-0.05, 0) is 6.42 Å². The molecule has 76 valence electrons. The average molecular weight is 195 g/mol. The summed E-state index contributed by atoms with van der Waals surface area (Å²) in [6, 6.07) is 0.299. The van der Waals surface area contributed by atoms with E-state index in [1.54, 1.807) is 12.5 Å². The lowest BCUT2D eigenvalue weighted by molar-refractivity contribution is 0.186. The van der Waals surface area contributed by atoms with E-state index in [1.807, 2.05) is 4.57 Å². The molecule has 1 aromatic heterocycles. The van der Waals surface area contributed by atoms with E-state index >= 15 is 0 Å². The quantitative estimate of drug-likeness (QED) is 0.701. The molecule has 0 bridgehead atoms. The average Bonchev–Trinajstić information content (AvgIpc) is 2.71. The number of hydrogen-bond acceptors (Lipinski definition) is 4. The molecule has 1 aliphatic rings. The van der Waals surface area contributed by atoms with E-state index in [2.05, 4.69) is 4.98 Å². The summed E-state index contributed by atoms with van der Waals surface area (Å²) in [6.07, 6.45) is 4.30. The minimum absolute atomic E-state index is 0.234. The molecule has 14 heavy (non-hydrogen) atoms. The maximum absolute atomic E-state index is 11.2.